The van der Waals surface area contributed by atoms with Crippen LogP contribution in [0.4, 0.5) is 5.69 Å². The smallest absolute Gasteiger partial charge is 0.276 e. The van der Waals surface area contributed by atoms with E-state index < -0.39 is 0 Å². The van der Waals surface area contributed by atoms with E-state index in [0.29, 0.717) is 22.8 Å². The molecule has 96 valence electrons. The SMILES string of the molecule is Nc1ccc(Cl)c(Cn2ccn3nccc3c2=O)c1. The third-order valence-electron chi connectivity index (χ3n) is 2.95. The van der Waals surface area contributed by atoms with Gasteiger partial charge >= 0.3 is 0 Å². The Kier molecular flexibility index (Phi) is 2.76. The monoisotopic (exact) mass is 274 g/mol. The largest absolute Gasteiger partial charge is 0.399 e. The summed E-state index contributed by atoms with van der Waals surface area (Å²) in [6.45, 7) is 0.379. The van der Waals surface area contributed by atoms with Crippen molar-refractivity contribution in [1.29, 1.82) is 0 Å². The predicted octanol–water partition coefficient (Wildman–Crippen LogP) is 1.78. The first kappa shape index (κ1) is 11.8. The summed E-state index contributed by atoms with van der Waals surface area (Å²) in [5, 5.41) is 4.61. The van der Waals surface area contributed by atoms with Gasteiger partial charge in [-0.3, -0.25) is 4.79 Å². The van der Waals surface area contributed by atoms with Crippen molar-refractivity contribution < 1.29 is 0 Å². The van der Waals surface area contributed by atoms with Gasteiger partial charge in [-0.15, -0.1) is 0 Å². The van der Waals surface area contributed by atoms with Crippen LogP contribution >= 0.6 is 11.6 Å². The number of nitrogen functional groups attached to an aromatic ring is 1. The number of rotatable bonds is 2. The lowest BCUT2D eigenvalue weighted by molar-refractivity contribution is 0.743. The number of aromatic nitrogens is 3. The molecule has 0 aliphatic carbocycles. The van der Waals surface area contributed by atoms with E-state index in [4.69, 9.17) is 17.3 Å². The van der Waals surface area contributed by atoms with E-state index in [1.165, 1.54) is 0 Å². The van der Waals surface area contributed by atoms with Gasteiger partial charge in [0.25, 0.3) is 5.56 Å². The van der Waals surface area contributed by atoms with Crippen LogP contribution in [0.3, 0.4) is 0 Å². The molecule has 0 saturated heterocycles. The van der Waals surface area contributed by atoms with Crippen molar-refractivity contribution >= 4 is 22.8 Å². The molecule has 0 unspecified atom stereocenters. The molecule has 0 amide bonds. The highest BCUT2D eigenvalue weighted by Crippen LogP contribution is 2.19. The number of halogens is 1. The highest BCUT2D eigenvalue weighted by atomic mass is 35.5. The predicted molar refractivity (Wildman–Crippen MR) is 74.4 cm³/mol. The Morgan fingerprint density at radius 1 is 1.26 bits per heavy atom. The van der Waals surface area contributed by atoms with Crippen LogP contribution in [0, 0.1) is 0 Å². The zero-order valence-corrected chi connectivity index (χ0v) is 10.7. The molecule has 2 aromatic heterocycles. The first-order valence-corrected chi connectivity index (χ1v) is 6.09. The Hall–Kier alpha value is -2.27. The highest BCUT2D eigenvalue weighted by molar-refractivity contribution is 6.31. The van der Waals surface area contributed by atoms with Gasteiger partial charge in [0.1, 0.15) is 5.52 Å². The Bertz CT molecular complexity index is 806. The normalized spacial score (nSPS) is 11.0. The van der Waals surface area contributed by atoms with Crippen molar-refractivity contribution in [2.45, 2.75) is 6.54 Å². The summed E-state index contributed by atoms with van der Waals surface area (Å²) >= 11 is 6.11. The molecule has 3 rings (SSSR count). The summed E-state index contributed by atoms with van der Waals surface area (Å²) in [6, 6.07) is 6.92. The lowest BCUT2D eigenvalue weighted by Crippen LogP contribution is -2.22. The minimum Gasteiger partial charge on any atom is -0.399 e. The number of anilines is 1. The maximum atomic E-state index is 12.2. The molecular weight excluding hydrogens is 264 g/mol. The number of nitrogens with zero attached hydrogens (tertiary/aromatic N) is 3. The summed E-state index contributed by atoms with van der Waals surface area (Å²) < 4.78 is 3.12. The minimum absolute atomic E-state index is 0.113. The zero-order chi connectivity index (χ0) is 13.4. The van der Waals surface area contributed by atoms with Crippen LogP contribution in [0.15, 0.2) is 47.7 Å². The van der Waals surface area contributed by atoms with Crippen LogP contribution in [-0.2, 0) is 6.54 Å². The molecule has 1 aromatic carbocycles. The molecule has 3 aromatic rings. The summed E-state index contributed by atoms with van der Waals surface area (Å²) in [5.41, 5.74) is 7.59. The molecular formula is C13H11ClN4O. The summed E-state index contributed by atoms with van der Waals surface area (Å²) in [6.07, 6.45) is 5.01. The molecule has 0 bridgehead atoms. The van der Waals surface area contributed by atoms with Crippen molar-refractivity contribution in [1.82, 2.24) is 14.2 Å². The van der Waals surface area contributed by atoms with Gasteiger partial charge in [0.05, 0.1) is 12.7 Å². The average Bonchev–Trinajstić information content (AvgIpc) is 2.86. The lowest BCUT2D eigenvalue weighted by Gasteiger charge is -2.08. The third-order valence-corrected chi connectivity index (χ3v) is 3.32. The average molecular weight is 275 g/mol. The molecule has 2 N–H and O–H groups in total. The van der Waals surface area contributed by atoms with Gasteiger partial charge in [-0.05, 0) is 29.8 Å². The standard InChI is InChI=1S/C13H11ClN4O/c14-11-2-1-10(15)7-9(11)8-17-5-6-18-12(13(17)19)3-4-16-18/h1-7H,8,15H2. The van der Waals surface area contributed by atoms with E-state index in [9.17, 15) is 4.79 Å². The van der Waals surface area contributed by atoms with E-state index in [1.807, 2.05) is 0 Å². The van der Waals surface area contributed by atoms with Crippen LogP contribution in [0.5, 0.6) is 0 Å². The summed E-state index contributed by atoms with van der Waals surface area (Å²) in [4.78, 5) is 12.2. The molecule has 19 heavy (non-hydrogen) atoms. The van der Waals surface area contributed by atoms with Crippen LogP contribution in [-0.4, -0.2) is 14.2 Å². The minimum atomic E-state index is -0.113. The number of hydrogen-bond acceptors (Lipinski definition) is 3. The Morgan fingerprint density at radius 3 is 2.95 bits per heavy atom. The first-order valence-electron chi connectivity index (χ1n) is 5.72. The van der Waals surface area contributed by atoms with Crippen LogP contribution in [0.1, 0.15) is 5.56 Å². The van der Waals surface area contributed by atoms with E-state index in [2.05, 4.69) is 5.10 Å². The molecule has 0 saturated carbocycles. The fraction of sp³-hybridized carbons (Fsp3) is 0.0769. The fourth-order valence-electron chi connectivity index (χ4n) is 1.98. The number of hydrogen-bond donors (Lipinski definition) is 1. The molecule has 0 atom stereocenters. The van der Waals surface area contributed by atoms with Gasteiger partial charge in [0, 0.05) is 23.1 Å². The van der Waals surface area contributed by atoms with E-state index in [-0.39, 0.29) is 5.56 Å². The molecule has 6 heteroatoms. The van der Waals surface area contributed by atoms with Crippen molar-refractivity contribution in [3.63, 3.8) is 0 Å². The molecule has 0 aliphatic rings. The van der Waals surface area contributed by atoms with Gasteiger partial charge in [0.15, 0.2) is 0 Å². The number of benzene rings is 1. The third kappa shape index (κ3) is 2.08. The molecule has 2 heterocycles. The summed E-state index contributed by atoms with van der Waals surface area (Å²) in [5.74, 6) is 0. The molecule has 0 fully saturated rings. The van der Waals surface area contributed by atoms with Crippen molar-refractivity contribution in [3.05, 3.63) is 63.8 Å². The number of fused-ring (bicyclic) bond motifs is 1. The quantitative estimate of drug-likeness (QED) is 0.725. The van der Waals surface area contributed by atoms with Gasteiger partial charge in [-0.25, -0.2) is 4.52 Å². The maximum absolute atomic E-state index is 12.2. The second-order valence-corrected chi connectivity index (χ2v) is 4.65. The molecule has 0 aliphatic heterocycles. The Labute approximate surface area is 113 Å². The topological polar surface area (TPSA) is 65.3 Å². The van der Waals surface area contributed by atoms with Crippen molar-refractivity contribution in [2.75, 3.05) is 5.73 Å². The highest BCUT2D eigenvalue weighted by Gasteiger charge is 2.06. The van der Waals surface area contributed by atoms with Gasteiger partial charge in [-0.1, -0.05) is 11.6 Å². The number of nitrogens with two attached hydrogens (primary N) is 1. The van der Waals surface area contributed by atoms with Crippen molar-refractivity contribution in [3.8, 4) is 0 Å². The Balaban J connectivity index is 2.08. The molecule has 0 radical (unpaired) electrons. The zero-order valence-electron chi connectivity index (χ0n) is 9.95. The molecule has 0 spiro atoms. The Morgan fingerprint density at radius 2 is 2.11 bits per heavy atom. The molecule has 5 nitrogen and oxygen atoms in total. The van der Waals surface area contributed by atoms with Crippen LogP contribution in [0.25, 0.3) is 5.52 Å². The fourth-order valence-corrected chi connectivity index (χ4v) is 2.16. The lowest BCUT2D eigenvalue weighted by atomic mass is 10.2. The van der Waals surface area contributed by atoms with E-state index in [1.54, 1.807) is 51.9 Å². The summed E-state index contributed by atoms with van der Waals surface area (Å²) in [7, 11) is 0. The first-order chi connectivity index (χ1) is 9.15. The van der Waals surface area contributed by atoms with Gasteiger partial charge in [0.2, 0.25) is 0 Å². The van der Waals surface area contributed by atoms with Crippen molar-refractivity contribution in [2.24, 2.45) is 0 Å². The van der Waals surface area contributed by atoms with Gasteiger partial charge in [-0.2, -0.15) is 5.10 Å². The van der Waals surface area contributed by atoms with E-state index in [0.717, 1.165) is 5.56 Å². The van der Waals surface area contributed by atoms with E-state index >= 15 is 0 Å². The van der Waals surface area contributed by atoms with Crippen LogP contribution < -0.4 is 11.3 Å². The van der Waals surface area contributed by atoms with Crippen LogP contribution in [0.2, 0.25) is 5.02 Å². The van der Waals surface area contributed by atoms with Gasteiger partial charge < -0.3 is 10.3 Å². The second kappa shape index (κ2) is 4.44. The second-order valence-electron chi connectivity index (χ2n) is 4.24. The maximum Gasteiger partial charge on any atom is 0.276 e.